The quantitative estimate of drug-likeness (QED) is 0.262. The minimum atomic E-state index is -0.874. The third-order valence-electron chi connectivity index (χ3n) is 5.56. The Labute approximate surface area is 194 Å². The number of ketones is 1. The molecule has 174 valence electrons. The first-order valence-electron chi connectivity index (χ1n) is 10.4. The standard InChI is InChI=1S/C23H22N6O5/c1-23(2,3)15-10-8-13(9-11-15)19-17(20(30)14-6-5-7-16(12-14)29(32)33)18(21(31)34-4)24-22-25-26-27-28(19)22/h5-12,19H,1-4H3,(H,24,25,27)/t19-/m1/s1. The highest BCUT2D eigenvalue weighted by atomic mass is 16.6. The summed E-state index contributed by atoms with van der Waals surface area (Å²) >= 11 is 0. The maximum Gasteiger partial charge on any atom is 0.355 e. The molecule has 1 atom stereocenters. The predicted octanol–water partition coefficient (Wildman–Crippen LogP) is 3.20. The SMILES string of the molecule is COC(=O)C1=C(C(=O)c2cccc([N+](=O)[O-])c2)[C@@H](c2ccc(C(C)(C)C)cc2)n2nnnc2N1. The van der Waals surface area contributed by atoms with Crippen molar-refractivity contribution >= 4 is 23.4 Å². The Morgan fingerprint density at radius 2 is 1.85 bits per heavy atom. The minimum Gasteiger partial charge on any atom is -0.464 e. The van der Waals surface area contributed by atoms with Crippen LogP contribution in [0, 0.1) is 10.1 Å². The average molecular weight is 462 g/mol. The number of ether oxygens (including phenoxy) is 1. The molecule has 1 aromatic heterocycles. The summed E-state index contributed by atoms with van der Waals surface area (Å²) in [5.41, 5.74) is 1.30. The Bertz CT molecular complexity index is 1320. The van der Waals surface area contributed by atoms with Crippen LogP contribution in [0.5, 0.6) is 0 Å². The van der Waals surface area contributed by atoms with Gasteiger partial charge >= 0.3 is 5.97 Å². The number of aromatic nitrogens is 4. The molecule has 0 amide bonds. The van der Waals surface area contributed by atoms with Crippen molar-refractivity contribution in [2.24, 2.45) is 0 Å². The number of rotatable bonds is 5. The van der Waals surface area contributed by atoms with E-state index in [9.17, 15) is 19.7 Å². The van der Waals surface area contributed by atoms with Crippen LogP contribution >= 0.6 is 0 Å². The molecule has 2 aromatic carbocycles. The smallest absolute Gasteiger partial charge is 0.355 e. The average Bonchev–Trinajstić information content (AvgIpc) is 3.30. The van der Waals surface area contributed by atoms with Crippen LogP contribution in [0.4, 0.5) is 11.6 Å². The number of nitro groups is 1. The van der Waals surface area contributed by atoms with Crippen LogP contribution in [-0.4, -0.2) is 44.0 Å². The second-order valence-electron chi connectivity index (χ2n) is 8.76. The Hall–Kier alpha value is -4.41. The number of benzene rings is 2. The molecule has 0 spiro atoms. The van der Waals surface area contributed by atoms with Crippen LogP contribution < -0.4 is 5.32 Å². The van der Waals surface area contributed by atoms with E-state index in [1.165, 1.54) is 36.1 Å². The summed E-state index contributed by atoms with van der Waals surface area (Å²) in [6, 6.07) is 12.0. The monoisotopic (exact) mass is 462 g/mol. The fourth-order valence-corrected chi connectivity index (χ4v) is 3.78. The van der Waals surface area contributed by atoms with Crippen LogP contribution in [0.25, 0.3) is 0 Å². The number of allylic oxidation sites excluding steroid dienone is 1. The first kappa shape index (κ1) is 22.8. The number of nitrogens with one attached hydrogen (secondary N) is 1. The number of esters is 1. The molecule has 34 heavy (non-hydrogen) atoms. The van der Waals surface area contributed by atoms with Crippen molar-refractivity contribution in [2.75, 3.05) is 12.4 Å². The summed E-state index contributed by atoms with van der Waals surface area (Å²) < 4.78 is 6.30. The van der Waals surface area contributed by atoms with Gasteiger partial charge in [-0.15, -0.1) is 0 Å². The maximum absolute atomic E-state index is 13.7. The molecule has 0 saturated heterocycles. The fourth-order valence-electron chi connectivity index (χ4n) is 3.78. The molecular formula is C23H22N6O5. The number of hydrogen-bond acceptors (Lipinski definition) is 9. The summed E-state index contributed by atoms with van der Waals surface area (Å²) in [5.74, 6) is -1.23. The van der Waals surface area contributed by atoms with Crippen molar-refractivity contribution in [3.63, 3.8) is 0 Å². The zero-order valence-electron chi connectivity index (χ0n) is 19.0. The molecule has 2 heterocycles. The van der Waals surface area contributed by atoms with Crippen LogP contribution in [-0.2, 0) is 14.9 Å². The van der Waals surface area contributed by atoms with Crippen LogP contribution in [0.15, 0.2) is 59.8 Å². The maximum atomic E-state index is 13.7. The second-order valence-corrected chi connectivity index (χ2v) is 8.76. The molecule has 1 aliphatic heterocycles. The highest BCUT2D eigenvalue weighted by Gasteiger charge is 2.39. The van der Waals surface area contributed by atoms with E-state index >= 15 is 0 Å². The Balaban J connectivity index is 1.92. The number of fused-ring (bicyclic) bond motifs is 1. The lowest BCUT2D eigenvalue weighted by Crippen LogP contribution is -2.33. The van der Waals surface area contributed by atoms with Gasteiger partial charge in [-0.25, -0.2) is 4.79 Å². The van der Waals surface area contributed by atoms with Gasteiger partial charge in [0.15, 0.2) is 5.78 Å². The van der Waals surface area contributed by atoms with E-state index in [4.69, 9.17) is 4.74 Å². The number of carbonyl (C=O) groups excluding carboxylic acids is 2. The summed E-state index contributed by atoms with van der Waals surface area (Å²) in [5, 5.41) is 25.7. The van der Waals surface area contributed by atoms with Gasteiger partial charge in [0.1, 0.15) is 11.7 Å². The Kier molecular flexibility index (Phi) is 5.70. The highest BCUT2D eigenvalue weighted by molar-refractivity contribution is 6.15. The summed E-state index contributed by atoms with van der Waals surface area (Å²) in [7, 11) is 1.19. The van der Waals surface area contributed by atoms with Crippen molar-refractivity contribution in [1.82, 2.24) is 20.2 Å². The molecule has 0 aliphatic carbocycles. The number of methoxy groups -OCH3 is 1. The molecular weight excluding hydrogens is 440 g/mol. The Morgan fingerprint density at radius 1 is 1.15 bits per heavy atom. The van der Waals surface area contributed by atoms with E-state index in [0.29, 0.717) is 5.56 Å². The third kappa shape index (κ3) is 4.03. The molecule has 0 radical (unpaired) electrons. The van der Waals surface area contributed by atoms with E-state index < -0.39 is 22.7 Å². The normalized spacial score (nSPS) is 15.4. The van der Waals surface area contributed by atoms with Crippen LogP contribution in [0.2, 0.25) is 0 Å². The topological polar surface area (TPSA) is 142 Å². The van der Waals surface area contributed by atoms with Crippen molar-refractivity contribution in [3.05, 3.63) is 86.6 Å². The number of nitrogens with zero attached hydrogens (tertiary/aromatic N) is 5. The van der Waals surface area contributed by atoms with E-state index in [2.05, 4.69) is 41.6 Å². The molecule has 0 bridgehead atoms. The van der Waals surface area contributed by atoms with Gasteiger partial charge in [0.05, 0.1) is 17.6 Å². The molecule has 11 nitrogen and oxygen atoms in total. The van der Waals surface area contributed by atoms with E-state index in [0.717, 1.165) is 5.56 Å². The summed E-state index contributed by atoms with van der Waals surface area (Å²) in [4.78, 5) is 37.1. The zero-order valence-corrected chi connectivity index (χ0v) is 19.0. The molecule has 1 aliphatic rings. The van der Waals surface area contributed by atoms with Gasteiger partial charge in [-0.05, 0) is 27.0 Å². The molecule has 3 aromatic rings. The number of hydrogen-bond donors (Lipinski definition) is 1. The lowest BCUT2D eigenvalue weighted by Gasteiger charge is -2.28. The van der Waals surface area contributed by atoms with Gasteiger partial charge in [-0.3, -0.25) is 14.9 Å². The number of nitro benzene ring substituents is 1. The number of tetrazole rings is 1. The number of Topliss-reactive ketones (excluding diaryl/α,β-unsaturated/α-hetero) is 1. The van der Waals surface area contributed by atoms with Crippen molar-refractivity contribution in [2.45, 2.75) is 32.2 Å². The number of anilines is 1. The second kappa shape index (κ2) is 8.50. The molecule has 0 saturated carbocycles. The van der Waals surface area contributed by atoms with E-state index in [1.54, 1.807) is 0 Å². The van der Waals surface area contributed by atoms with Crippen LogP contribution in [0.1, 0.15) is 48.3 Å². The largest absolute Gasteiger partial charge is 0.464 e. The lowest BCUT2D eigenvalue weighted by atomic mass is 9.84. The summed E-state index contributed by atoms with van der Waals surface area (Å²) in [6.45, 7) is 6.25. The van der Waals surface area contributed by atoms with Gasteiger partial charge in [0.25, 0.3) is 5.69 Å². The number of non-ortho nitro benzene ring substituents is 1. The van der Waals surface area contributed by atoms with Crippen molar-refractivity contribution in [3.8, 4) is 0 Å². The van der Waals surface area contributed by atoms with E-state index in [-0.39, 0.29) is 33.9 Å². The van der Waals surface area contributed by atoms with Gasteiger partial charge in [-0.1, -0.05) is 62.3 Å². The zero-order chi connectivity index (χ0) is 24.6. The minimum absolute atomic E-state index is 0.00987. The van der Waals surface area contributed by atoms with Gasteiger partial charge < -0.3 is 10.1 Å². The molecule has 4 rings (SSSR count). The van der Waals surface area contributed by atoms with Crippen molar-refractivity contribution in [1.29, 1.82) is 0 Å². The van der Waals surface area contributed by atoms with Gasteiger partial charge in [-0.2, -0.15) is 4.68 Å². The first-order chi connectivity index (χ1) is 16.1. The van der Waals surface area contributed by atoms with E-state index in [1.807, 2.05) is 24.3 Å². The summed E-state index contributed by atoms with van der Waals surface area (Å²) in [6.07, 6.45) is 0. The highest BCUT2D eigenvalue weighted by Crippen LogP contribution is 2.37. The lowest BCUT2D eigenvalue weighted by molar-refractivity contribution is -0.384. The molecule has 0 fully saturated rings. The van der Waals surface area contributed by atoms with Crippen molar-refractivity contribution < 1.29 is 19.2 Å². The fraction of sp³-hybridized carbons (Fsp3) is 0.261. The first-order valence-corrected chi connectivity index (χ1v) is 10.4. The molecule has 0 unspecified atom stereocenters. The number of carbonyl (C=O) groups is 2. The van der Waals surface area contributed by atoms with Crippen LogP contribution in [0.3, 0.4) is 0 Å². The Morgan fingerprint density at radius 3 is 2.47 bits per heavy atom. The van der Waals surface area contributed by atoms with Gasteiger partial charge in [0.2, 0.25) is 5.95 Å². The molecule has 11 heteroatoms. The molecule has 1 N–H and O–H groups in total. The predicted molar refractivity (Wildman–Crippen MR) is 121 cm³/mol. The van der Waals surface area contributed by atoms with Gasteiger partial charge in [0, 0.05) is 17.7 Å². The third-order valence-corrected chi connectivity index (χ3v) is 5.56.